The Labute approximate surface area is 166 Å². The smallest absolute Gasteiger partial charge is 0.300 e. The number of aliphatic hydroxyl groups excluding tert-OH is 1. The van der Waals surface area contributed by atoms with E-state index < -0.39 is 23.5 Å². The van der Waals surface area contributed by atoms with Gasteiger partial charge in [0.1, 0.15) is 17.6 Å². The molecule has 4 rings (SSSR count). The fourth-order valence-corrected chi connectivity index (χ4v) is 3.38. The van der Waals surface area contributed by atoms with E-state index in [1.165, 1.54) is 29.2 Å². The zero-order chi connectivity index (χ0) is 20.5. The average molecular weight is 388 g/mol. The summed E-state index contributed by atoms with van der Waals surface area (Å²) in [4.78, 5) is 31.5. The summed E-state index contributed by atoms with van der Waals surface area (Å²) in [6.07, 6.45) is 1.56. The van der Waals surface area contributed by atoms with Crippen LogP contribution in [0.3, 0.4) is 0 Å². The van der Waals surface area contributed by atoms with Crippen LogP contribution in [-0.2, 0) is 9.59 Å². The summed E-state index contributed by atoms with van der Waals surface area (Å²) in [5.74, 6) is -2.41. The number of benzene rings is 2. The number of amides is 1. The number of hydrogen-bond acceptors (Lipinski definition) is 4. The first-order chi connectivity index (χ1) is 14.0. The second kappa shape index (κ2) is 7.31. The number of hydrogen-bond donors (Lipinski definition) is 1. The van der Waals surface area contributed by atoms with Crippen LogP contribution in [0.15, 0.2) is 78.5 Å². The molecule has 5 nitrogen and oxygen atoms in total. The van der Waals surface area contributed by atoms with Crippen molar-refractivity contribution in [3.8, 4) is 0 Å². The van der Waals surface area contributed by atoms with Gasteiger partial charge in [0.25, 0.3) is 11.7 Å². The number of aromatic nitrogens is 1. The minimum Gasteiger partial charge on any atom is -0.507 e. The van der Waals surface area contributed by atoms with Gasteiger partial charge in [0.05, 0.1) is 11.3 Å². The molecular formula is C23H17FN2O3. The molecule has 6 heteroatoms. The van der Waals surface area contributed by atoms with Crippen molar-refractivity contribution in [3.63, 3.8) is 0 Å². The Kier molecular flexibility index (Phi) is 4.68. The highest BCUT2D eigenvalue weighted by atomic mass is 19.1. The van der Waals surface area contributed by atoms with E-state index in [-0.39, 0.29) is 16.9 Å². The lowest BCUT2D eigenvalue weighted by atomic mass is 9.98. The van der Waals surface area contributed by atoms with Crippen LogP contribution in [-0.4, -0.2) is 21.8 Å². The standard InChI is InChI=1S/C23H17FN2O3/c1-14-5-11-17(12-6-14)26-20(18-4-2-3-13-25-18)19(22(28)23(26)29)21(27)15-7-9-16(24)10-8-15/h2-13,20,27H,1H3/b21-19-. The van der Waals surface area contributed by atoms with Crippen LogP contribution in [0.25, 0.3) is 5.76 Å². The number of carbonyl (C=O) groups is 2. The van der Waals surface area contributed by atoms with Crippen LogP contribution in [0.5, 0.6) is 0 Å². The van der Waals surface area contributed by atoms with E-state index in [0.29, 0.717) is 11.4 Å². The molecule has 29 heavy (non-hydrogen) atoms. The Morgan fingerprint density at radius 2 is 1.69 bits per heavy atom. The maximum atomic E-state index is 13.3. The third-order valence-electron chi connectivity index (χ3n) is 4.84. The van der Waals surface area contributed by atoms with Crippen LogP contribution in [0, 0.1) is 12.7 Å². The van der Waals surface area contributed by atoms with Gasteiger partial charge in [-0.3, -0.25) is 19.5 Å². The number of pyridine rings is 1. The van der Waals surface area contributed by atoms with E-state index in [0.717, 1.165) is 5.56 Å². The lowest BCUT2D eigenvalue weighted by Gasteiger charge is -2.24. The van der Waals surface area contributed by atoms with Crippen LogP contribution < -0.4 is 4.90 Å². The highest BCUT2D eigenvalue weighted by Crippen LogP contribution is 2.41. The van der Waals surface area contributed by atoms with Crippen molar-refractivity contribution >= 4 is 23.1 Å². The fourth-order valence-electron chi connectivity index (χ4n) is 3.38. The summed E-state index contributed by atoms with van der Waals surface area (Å²) < 4.78 is 13.3. The van der Waals surface area contributed by atoms with Crippen molar-refractivity contribution in [3.05, 3.63) is 101 Å². The molecule has 2 heterocycles. The highest BCUT2D eigenvalue weighted by Gasteiger charge is 2.47. The van der Waals surface area contributed by atoms with Gasteiger partial charge in [0.15, 0.2) is 0 Å². The third kappa shape index (κ3) is 3.29. The van der Waals surface area contributed by atoms with Gasteiger partial charge in [0, 0.05) is 17.4 Å². The lowest BCUT2D eigenvalue weighted by molar-refractivity contribution is -0.132. The van der Waals surface area contributed by atoms with Crippen molar-refractivity contribution in [1.29, 1.82) is 0 Å². The topological polar surface area (TPSA) is 70.5 Å². The molecule has 1 saturated heterocycles. The molecule has 1 fully saturated rings. The number of ketones is 1. The zero-order valence-electron chi connectivity index (χ0n) is 15.5. The number of rotatable bonds is 3. The van der Waals surface area contributed by atoms with E-state index in [4.69, 9.17) is 0 Å². The first-order valence-corrected chi connectivity index (χ1v) is 9.02. The predicted octanol–water partition coefficient (Wildman–Crippen LogP) is 4.16. The monoisotopic (exact) mass is 388 g/mol. The Morgan fingerprint density at radius 1 is 1.00 bits per heavy atom. The summed E-state index contributed by atoms with van der Waals surface area (Å²) >= 11 is 0. The Bertz CT molecular complexity index is 1110. The summed E-state index contributed by atoms with van der Waals surface area (Å²) in [5, 5.41) is 10.9. The SMILES string of the molecule is Cc1ccc(N2C(=O)C(=O)/C(=C(\O)c3ccc(F)cc3)C2c2ccccn2)cc1. The Morgan fingerprint density at radius 3 is 2.31 bits per heavy atom. The van der Waals surface area contributed by atoms with Crippen molar-refractivity contribution in [1.82, 2.24) is 4.98 Å². The number of aliphatic hydroxyl groups is 1. The molecule has 1 amide bonds. The van der Waals surface area contributed by atoms with Crippen LogP contribution in [0.1, 0.15) is 22.9 Å². The molecule has 1 atom stereocenters. The summed E-state index contributed by atoms with van der Waals surface area (Å²) in [6, 6.07) is 16.5. The normalized spacial score (nSPS) is 18.3. The van der Waals surface area contributed by atoms with Gasteiger partial charge in [-0.15, -0.1) is 0 Å². The van der Waals surface area contributed by atoms with Crippen molar-refractivity contribution < 1.29 is 19.1 Å². The van der Waals surface area contributed by atoms with Crippen LogP contribution in [0.2, 0.25) is 0 Å². The Balaban J connectivity index is 1.93. The molecule has 0 radical (unpaired) electrons. The largest absolute Gasteiger partial charge is 0.507 e. The molecule has 3 aromatic rings. The second-order valence-corrected chi connectivity index (χ2v) is 6.77. The molecule has 0 bridgehead atoms. The van der Waals surface area contributed by atoms with Crippen LogP contribution >= 0.6 is 0 Å². The fraction of sp³-hybridized carbons (Fsp3) is 0.0870. The van der Waals surface area contributed by atoms with Gasteiger partial charge < -0.3 is 5.11 Å². The maximum Gasteiger partial charge on any atom is 0.300 e. The van der Waals surface area contributed by atoms with E-state index >= 15 is 0 Å². The third-order valence-corrected chi connectivity index (χ3v) is 4.84. The lowest BCUT2D eigenvalue weighted by Crippen LogP contribution is -2.29. The average Bonchev–Trinajstić information content (AvgIpc) is 3.00. The van der Waals surface area contributed by atoms with Crippen molar-refractivity contribution in [2.45, 2.75) is 13.0 Å². The predicted molar refractivity (Wildman–Crippen MR) is 107 cm³/mol. The molecule has 1 aliphatic heterocycles. The summed E-state index contributed by atoms with van der Waals surface area (Å²) in [5.41, 5.74) is 2.13. The highest BCUT2D eigenvalue weighted by molar-refractivity contribution is 6.51. The van der Waals surface area contributed by atoms with E-state index in [1.54, 1.807) is 36.5 Å². The molecule has 1 N–H and O–H groups in total. The second-order valence-electron chi connectivity index (χ2n) is 6.77. The van der Waals surface area contributed by atoms with Gasteiger partial charge in [-0.05, 0) is 55.5 Å². The van der Waals surface area contributed by atoms with Gasteiger partial charge in [0.2, 0.25) is 0 Å². The van der Waals surface area contributed by atoms with Crippen molar-refractivity contribution in [2.75, 3.05) is 4.90 Å². The van der Waals surface area contributed by atoms with Crippen molar-refractivity contribution in [2.24, 2.45) is 0 Å². The number of carbonyl (C=O) groups excluding carboxylic acids is 2. The molecule has 0 aliphatic carbocycles. The van der Waals surface area contributed by atoms with Crippen LogP contribution in [0.4, 0.5) is 10.1 Å². The zero-order valence-corrected chi connectivity index (χ0v) is 15.5. The summed E-state index contributed by atoms with van der Waals surface area (Å²) in [7, 11) is 0. The molecule has 1 aromatic heterocycles. The molecule has 0 saturated carbocycles. The molecule has 1 unspecified atom stereocenters. The summed E-state index contributed by atoms with van der Waals surface area (Å²) in [6.45, 7) is 1.92. The quantitative estimate of drug-likeness (QED) is 0.416. The minimum atomic E-state index is -0.899. The van der Waals surface area contributed by atoms with Gasteiger partial charge in [-0.1, -0.05) is 23.8 Å². The van der Waals surface area contributed by atoms with E-state index in [1.807, 2.05) is 19.1 Å². The number of nitrogens with zero attached hydrogens (tertiary/aromatic N) is 2. The minimum absolute atomic E-state index is 0.0825. The first-order valence-electron chi connectivity index (χ1n) is 9.02. The van der Waals surface area contributed by atoms with E-state index in [2.05, 4.69) is 4.98 Å². The Hall–Kier alpha value is -3.80. The molecule has 2 aromatic carbocycles. The first kappa shape index (κ1) is 18.6. The molecule has 0 spiro atoms. The number of Topliss-reactive ketones (excluding diaryl/α,β-unsaturated/α-hetero) is 1. The maximum absolute atomic E-state index is 13.3. The van der Waals surface area contributed by atoms with Gasteiger partial charge >= 0.3 is 0 Å². The number of anilines is 1. The molecular weight excluding hydrogens is 371 g/mol. The number of halogens is 1. The van der Waals surface area contributed by atoms with Gasteiger partial charge in [-0.2, -0.15) is 0 Å². The van der Waals surface area contributed by atoms with E-state index in [9.17, 15) is 19.1 Å². The van der Waals surface area contributed by atoms with Gasteiger partial charge in [-0.25, -0.2) is 4.39 Å². The number of aryl methyl sites for hydroxylation is 1. The molecule has 1 aliphatic rings. The molecule has 144 valence electrons.